The number of nitrogens with zero attached hydrogens (tertiary/aromatic N) is 1. The second kappa shape index (κ2) is 5.82. The Morgan fingerprint density at radius 2 is 2.21 bits per heavy atom. The standard InChI is InChI=1S/C14H17FN2O2/c1-3-9(2)16-14(18)13-8-12(17-19-13)10-4-6-11(15)7-5-10/h4-7,9,13H,3,8H2,1-2H3,(H,16,18)/t9-,13+/m1/s1. The second-order valence-corrected chi connectivity index (χ2v) is 4.66. The molecule has 5 heteroatoms. The molecule has 0 fully saturated rings. The van der Waals surface area contributed by atoms with Gasteiger partial charge in [0.2, 0.25) is 6.10 Å². The first-order valence-electron chi connectivity index (χ1n) is 6.39. The van der Waals surface area contributed by atoms with E-state index in [1.54, 1.807) is 12.1 Å². The lowest BCUT2D eigenvalue weighted by molar-refractivity contribution is -0.131. The minimum atomic E-state index is -0.589. The molecule has 0 aromatic heterocycles. The van der Waals surface area contributed by atoms with Gasteiger partial charge in [0.1, 0.15) is 5.82 Å². The van der Waals surface area contributed by atoms with Crippen LogP contribution in [0, 0.1) is 5.82 Å². The predicted molar refractivity (Wildman–Crippen MR) is 70.3 cm³/mol. The smallest absolute Gasteiger partial charge is 0.264 e. The Morgan fingerprint density at radius 1 is 1.53 bits per heavy atom. The fourth-order valence-corrected chi connectivity index (χ4v) is 1.77. The molecule has 0 aliphatic carbocycles. The zero-order valence-corrected chi connectivity index (χ0v) is 11.0. The van der Waals surface area contributed by atoms with Crippen LogP contribution in [0.3, 0.4) is 0 Å². The Hall–Kier alpha value is -1.91. The predicted octanol–water partition coefficient (Wildman–Crippen LogP) is 2.23. The maximum atomic E-state index is 12.8. The summed E-state index contributed by atoms with van der Waals surface area (Å²) >= 11 is 0. The van der Waals surface area contributed by atoms with Gasteiger partial charge in [0.05, 0.1) is 5.71 Å². The van der Waals surface area contributed by atoms with Gasteiger partial charge in [-0.2, -0.15) is 0 Å². The van der Waals surface area contributed by atoms with Crippen LogP contribution in [0.5, 0.6) is 0 Å². The zero-order valence-electron chi connectivity index (χ0n) is 11.0. The molecule has 2 atom stereocenters. The van der Waals surface area contributed by atoms with Crippen LogP contribution in [0.2, 0.25) is 0 Å². The molecule has 1 aliphatic heterocycles. The number of carbonyl (C=O) groups excluding carboxylic acids is 1. The molecule has 0 saturated carbocycles. The van der Waals surface area contributed by atoms with Crippen molar-refractivity contribution in [3.63, 3.8) is 0 Å². The van der Waals surface area contributed by atoms with E-state index in [0.29, 0.717) is 12.1 Å². The highest BCUT2D eigenvalue weighted by molar-refractivity contribution is 6.04. The van der Waals surface area contributed by atoms with Crippen LogP contribution in [0.1, 0.15) is 32.3 Å². The van der Waals surface area contributed by atoms with Crippen molar-refractivity contribution in [3.05, 3.63) is 35.6 Å². The van der Waals surface area contributed by atoms with Gasteiger partial charge >= 0.3 is 0 Å². The first-order valence-corrected chi connectivity index (χ1v) is 6.39. The number of carbonyl (C=O) groups is 1. The van der Waals surface area contributed by atoms with Crippen LogP contribution in [0.25, 0.3) is 0 Å². The summed E-state index contributed by atoms with van der Waals surface area (Å²) in [7, 11) is 0. The third-order valence-electron chi connectivity index (χ3n) is 3.14. The van der Waals surface area contributed by atoms with Crippen molar-refractivity contribution in [2.75, 3.05) is 0 Å². The Labute approximate surface area is 111 Å². The molecule has 0 unspecified atom stereocenters. The van der Waals surface area contributed by atoms with E-state index in [1.165, 1.54) is 12.1 Å². The van der Waals surface area contributed by atoms with Crippen molar-refractivity contribution >= 4 is 11.6 Å². The van der Waals surface area contributed by atoms with Gasteiger partial charge in [0.15, 0.2) is 0 Å². The van der Waals surface area contributed by atoms with E-state index in [4.69, 9.17) is 4.84 Å². The Balaban J connectivity index is 1.95. The molecule has 0 radical (unpaired) electrons. The fraction of sp³-hybridized carbons (Fsp3) is 0.429. The van der Waals surface area contributed by atoms with Gasteiger partial charge in [-0.15, -0.1) is 0 Å². The van der Waals surface area contributed by atoms with Crippen LogP contribution >= 0.6 is 0 Å². The summed E-state index contributed by atoms with van der Waals surface area (Å²) in [5.41, 5.74) is 1.45. The lowest BCUT2D eigenvalue weighted by atomic mass is 10.0. The van der Waals surface area contributed by atoms with Crippen LogP contribution in [0.15, 0.2) is 29.4 Å². The second-order valence-electron chi connectivity index (χ2n) is 4.66. The summed E-state index contributed by atoms with van der Waals surface area (Å²) in [6.45, 7) is 3.94. The fourth-order valence-electron chi connectivity index (χ4n) is 1.77. The quantitative estimate of drug-likeness (QED) is 0.906. The van der Waals surface area contributed by atoms with Gasteiger partial charge < -0.3 is 10.2 Å². The Kier molecular flexibility index (Phi) is 4.14. The molecule has 2 rings (SSSR count). The molecule has 1 amide bonds. The summed E-state index contributed by atoms with van der Waals surface area (Å²) in [4.78, 5) is 17.0. The number of oxime groups is 1. The van der Waals surface area contributed by atoms with Crippen LogP contribution in [-0.4, -0.2) is 23.8 Å². The number of hydrogen-bond donors (Lipinski definition) is 1. The first-order chi connectivity index (χ1) is 9.10. The molecule has 1 aromatic rings. The van der Waals surface area contributed by atoms with E-state index in [9.17, 15) is 9.18 Å². The van der Waals surface area contributed by atoms with Gasteiger partial charge in [-0.1, -0.05) is 24.2 Å². The van der Waals surface area contributed by atoms with Crippen LogP contribution in [0.4, 0.5) is 4.39 Å². The van der Waals surface area contributed by atoms with E-state index in [0.717, 1.165) is 12.0 Å². The molecule has 0 bridgehead atoms. The summed E-state index contributed by atoms with van der Waals surface area (Å²) < 4.78 is 12.8. The topological polar surface area (TPSA) is 50.7 Å². The number of nitrogens with one attached hydrogen (secondary N) is 1. The molecular formula is C14H17FN2O2. The number of halogens is 1. The van der Waals surface area contributed by atoms with Gasteiger partial charge in [-0.25, -0.2) is 4.39 Å². The maximum absolute atomic E-state index is 12.8. The van der Waals surface area contributed by atoms with Gasteiger partial charge in [0, 0.05) is 12.5 Å². The summed E-state index contributed by atoms with van der Waals surface area (Å²) in [5, 5.41) is 6.76. The monoisotopic (exact) mass is 264 g/mol. The molecular weight excluding hydrogens is 247 g/mol. The molecule has 1 heterocycles. The third-order valence-corrected chi connectivity index (χ3v) is 3.14. The largest absolute Gasteiger partial charge is 0.382 e. The molecule has 1 aliphatic rings. The van der Waals surface area contributed by atoms with Gasteiger partial charge in [-0.05, 0) is 31.0 Å². The maximum Gasteiger partial charge on any atom is 0.264 e. The normalized spacial score (nSPS) is 19.5. The SMILES string of the molecule is CC[C@@H](C)NC(=O)[C@@H]1CC(c2ccc(F)cc2)=NO1. The number of amides is 1. The molecule has 102 valence electrons. The van der Waals surface area contributed by atoms with E-state index in [-0.39, 0.29) is 17.8 Å². The van der Waals surface area contributed by atoms with Gasteiger partial charge in [-0.3, -0.25) is 4.79 Å². The van der Waals surface area contributed by atoms with E-state index >= 15 is 0 Å². The summed E-state index contributed by atoms with van der Waals surface area (Å²) in [6.07, 6.45) is 0.687. The molecule has 19 heavy (non-hydrogen) atoms. The highest BCUT2D eigenvalue weighted by atomic mass is 19.1. The van der Waals surface area contributed by atoms with Crippen molar-refractivity contribution in [2.45, 2.75) is 38.8 Å². The summed E-state index contributed by atoms with van der Waals surface area (Å²) in [6, 6.07) is 6.11. The first kappa shape index (κ1) is 13.5. The summed E-state index contributed by atoms with van der Waals surface area (Å²) in [5.74, 6) is -0.454. The Morgan fingerprint density at radius 3 is 2.84 bits per heavy atom. The number of hydrogen-bond acceptors (Lipinski definition) is 3. The van der Waals surface area contributed by atoms with Crippen LogP contribution in [-0.2, 0) is 9.63 Å². The highest BCUT2D eigenvalue weighted by Crippen LogP contribution is 2.17. The lowest BCUT2D eigenvalue weighted by Gasteiger charge is -2.14. The average Bonchev–Trinajstić information content (AvgIpc) is 2.89. The minimum absolute atomic E-state index is 0.117. The molecule has 4 nitrogen and oxygen atoms in total. The van der Waals surface area contributed by atoms with E-state index in [2.05, 4.69) is 10.5 Å². The van der Waals surface area contributed by atoms with E-state index in [1.807, 2.05) is 13.8 Å². The minimum Gasteiger partial charge on any atom is -0.382 e. The third kappa shape index (κ3) is 3.30. The van der Waals surface area contributed by atoms with Crippen molar-refractivity contribution in [2.24, 2.45) is 5.16 Å². The highest BCUT2D eigenvalue weighted by Gasteiger charge is 2.29. The zero-order chi connectivity index (χ0) is 13.8. The molecule has 0 spiro atoms. The van der Waals surface area contributed by atoms with Crippen molar-refractivity contribution in [1.82, 2.24) is 5.32 Å². The number of benzene rings is 1. The van der Waals surface area contributed by atoms with Gasteiger partial charge in [0.25, 0.3) is 5.91 Å². The van der Waals surface area contributed by atoms with Crippen molar-refractivity contribution < 1.29 is 14.0 Å². The molecule has 1 N–H and O–H groups in total. The molecule has 0 saturated heterocycles. The lowest BCUT2D eigenvalue weighted by Crippen LogP contribution is -2.39. The Bertz CT molecular complexity index is 485. The van der Waals surface area contributed by atoms with Crippen molar-refractivity contribution in [3.8, 4) is 0 Å². The van der Waals surface area contributed by atoms with Crippen molar-refractivity contribution in [1.29, 1.82) is 0 Å². The average molecular weight is 264 g/mol. The number of rotatable bonds is 4. The molecule has 1 aromatic carbocycles. The van der Waals surface area contributed by atoms with Crippen LogP contribution < -0.4 is 5.32 Å². The van der Waals surface area contributed by atoms with E-state index < -0.39 is 6.10 Å².